The number of hydrogen-bond acceptors (Lipinski definition) is 4. The largest absolute Gasteiger partial charge is 1.00 e. The van der Waals surface area contributed by atoms with Gasteiger partial charge in [0.1, 0.15) is 0 Å². The minimum atomic E-state index is -4.94. The van der Waals surface area contributed by atoms with E-state index in [9.17, 15) is 8.42 Å². The Bertz CT molecular complexity index is 167. The van der Waals surface area contributed by atoms with Gasteiger partial charge >= 0.3 is 39.7 Å². The summed E-state index contributed by atoms with van der Waals surface area (Å²) in [5.74, 6) is 0. The smallest absolute Gasteiger partial charge is 0.533 e. The van der Waals surface area contributed by atoms with Crippen molar-refractivity contribution in [3.05, 3.63) is 0 Å². The van der Waals surface area contributed by atoms with Gasteiger partial charge in [-0.2, -0.15) is 8.42 Å². The minimum Gasteiger partial charge on any atom is -0.533 e. The van der Waals surface area contributed by atoms with Crippen molar-refractivity contribution in [1.82, 2.24) is 0 Å². The van der Waals surface area contributed by atoms with Gasteiger partial charge in [0, 0.05) is 0 Å². The van der Waals surface area contributed by atoms with Crippen LogP contribution in [0.5, 0.6) is 0 Å². The molecule has 0 fully saturated rings. The molecule has 0 atom stereocenters. The van der Waals surface area contributed by atoms with E-state index < -0.39 is 15.4 Å². The van der Waals surface area contributed by atoms with Gasteiger partial charge in [0.15, 0.2) is 5.30 Å². The molecule has 0 aromatic carbocycles. The van der Waals surface area contributed by atoms with Crippen molar-refractivity contribution < 1.29 is 52.4 Å². The van der Waals surface area contributed by atoms with E-state index in [0.717, 1.165) is 0 Å². The van der Waals surface area contributed by atoms with E-state index in [1.54, 1.807) is 0 Å². The Labute approximate surface area is 67.7 Å². The van der Waals surface area contributed by atoms with Crippen molar-refractivity contribution in [1.29, 1.82) is 0 Å². The molecule has 1 N–H and O–H groups in total. The summed E-state index contributed by atoms with van der Waals surface area (Å²) in [6.07, 6.45) is 0. The molecule has 0 aliphatic carbocycles. The number of carboxylic acid groups (broad SMARTS) is 1. The minimum absolute atomic E-state index is 0. The second kappa shape index (κ2) is 3.41. The molecule has 0 unspecified atom stereocenters. The van der Waals surface area contributed by atoms with Crippen LogP contribution in [0, 0.1) is 0 Å². The van der Waals surface area contributed by atoms with Gasteiger partial charge in [-0.3, -0.25) is 4.55 Å². The molecule has 0 aromatic rings. The molecule has 0 amide bonds. The van der Waals surface area contributed by atoms with Gasteiger partial charge in [-0.1, -0.05) is 0 Å². The van der Waals surface area contributed by atoms with Crippen molar-refractivity contribution >= 4 is 15.4 Å². The van der Waals surface area contributed by atoms with Gasteiger partial charge in [0.25, 0.3) is 0 Å². The predicted octanol–water partition coefficient (Wildman–Crippen LogP) is -4.78. The molecular weight excluding hydrogens is 147 g/mol. The fourth-order valence-electron chi connectivity index (χ4n) is 0. The van der Waals surface area contributed by atoms with E-state index in [0.29, 0.717) is 0 Å². The Balaban J connectivity index is 0. The van der Waals surface area contributed by atoms with Crippen molar-refractivity contribution in [3.63, 3.8) is 0 Å². The summed E-state index contributed by atoms with van der Waals surface area (Å²) in [7, 11) is -4.94. The molecule has 5 nitrogen and oxygen atoms in total. The zero-order valence-corrected chi connectivity index (χ0v) is 6.80. The number of carbonyl (C=O) groups excluding carboxylic acids is 1. The van der Waals surface area contributed by atoms with Gasteiger partial charge < -0.3 is 9.90 Å². The average Bonchev–Trinajstić information content (AvgIpc) is 1.31. The van der Waals surface area contributed by atoms with Crippen LogP contribution in [0.4, 0.5) is 4.79 Å². The molecule has 0 rings (SSSR count). The molecular formula is CHNaO5S. The molecule has 0 heterocycles. The Kier molecular flexibility index (Phi) is 4.79. The first-order chi connectivity index (χ1) is 2.94. The maximum atomic E-state index is 9.22. The molecule has 0 saturated heterocycles. The van der Waals surface area contributed by atoms with Gasteiger partial charge in [0.2, 0.25) is 0 Å². The van der Waals surface area contributed by atoms with Crippen molar-refractivity contribution in [2.45, 2.75) is 0 Å². The molecule has 0 aliphatic heterocycles. The van der Waals surface area contributed by atoms with E-state index >= 15 is 0 Å². The summed E-state index contributed by atoms with van der Waals surface area (Å²) in [5, 5.41) is 6.59. The molecule has 0 saturated carbocycles. The summed E-state index contributed by atoms with van der Waals surface area (Å²) in [6, 6.07) is 0. The van der Waals surface area contributed by atoms with Gasteiger partial charge in [-0.25, -0.2) is 0 Å². The second-order valence-corrected chi connectivity index (χ2v) is 2.01. The zero-order valence-electron chi connectivity index (χ0n) is 3.99. The molecule has 42 valence electrons. The Hall–Kier alpha value is 0.380. The van der Waals surface area contributed by atoms with Crippen LogP contribution in [0.2, 0.25) is 0 Å². The maximum absolute atomic E-state index is 9.22. The topological polar surface area (TPSA) is 94.5 Å². The van der Waals surface area contributed by atoms with Crippen LogP contribution in [-0.4, -0.2) is 18.3 Å². The standard InChI is InChI=1S/CH2O5S.Na/c2-1(3)7(4,5)6;/h(H,2,3)(H,4,5,6);/q;+1/p-1. The predicted molar refractivity (Wildman–Crippen MR) is 16.9 cm³/mol. The van der Waals surface area contributed by atoms with Crippen molar-refractivity contribution in [2.24, 2.45) is 0 Å². The summed E-state index contributed by atoms with van der Waals surface area (Å²) in [5.41, 5.74) is 0. The van der Waals surface area contributed by atoms with Crippen LogP contribution in [-0.2, 0) is 10.1 Å². The quantitative estimate of drug-likeness (QED) is 0.275. The monoisotopic (exact) mass is 148 g/mol. The third-order valence-electron chi connectivity index (χ3n) is 0.211. The number of hydrogen-bond donors (Lipinski definition) is 1. The average molecular weight is 148 g/mol. The summed E-state index contributed by atoms with van der Waals surface area (Å²) < 4.78 is 25.9. The van der Waals surface area contributed by atoms with E-state index in [1.807, 2.05) is 0 Å². The second-order valence-electron chi connectivity index (χ2n) is 0.725. The molecule has 7 heteroatoms. The summed E-state index contributed by atoms with van der Waals surface area (Å²) in [6.45, 7) is 0. The van der Waals surface area contributed by atoms with Crippen molar-refractivity contribution in [3.8, 4) is 0 Å². The van der Waals surface area contributed by atoms with Crippen molar-refractivity contribution in [2.75, 3.05) is 0 Å². The van der Waals surface area contributed by atoms with Crippen LogP contribution >= 0.6 is 0 Å². The normalized spacial score (nSPS) is 9.62. The number of rotatable bonds is 0. The van der Waals surface area contributed by atoms with Crippen LogP contribution in [0.3, 0.4) is 0 Å². The summed E-state index contributed by atoms with van der Waals surface area (Å²) in [4.78, 5) is 9.07. The fraction of sp³-hybridized carbons (Fsp3) is 0. The van der Waals surface area contributed by atoms with Gasteiger partial charge in [-0.05, 0) is 0 Å². The molecule has 0 radical (unpaired) electrons. The first kappa shape index (κ1) is 11.2. The number of carbonyl (C=O) groups is 1. The first-order valence-electron chi connectivity index (χ1n) is 1.13. The van der Waals surface area contributed by atoms with E-state index in [4.69, 9.17) is 14.5 Å². The Morgan fingerprint density at radius 2 is 1.62 bits per heavy atom. The molecule has 0 aromatic heterocycles. The molecule has 0 aliphatic rings. The maximum Gasteiger partial charge on any atom is 1.00 e. The fourth-order valence-corrected chi connectivity index (χ4v) is 0. The van der Waals surface area contributed by atoms with Gasteiger partial charge in [0.05, 0.1) is 0 Å². The van der Waals surface area contributed by atoms with Crippen LogP contribution in [0.15, 0.2) is 0 Å². The Morgan fingerprint density at radius 1 is 1.50 bits per heavy atom. The molecule has 0 spiro atoms. The van der Waals surface area contributed by atoms with E-state index in [2.05, 4.69) is 0 Å². The van der Waals surface area contributed by atoms with Gasteiger partial charge in [-0.15, -0.1) is 0 Å². The van der Waals surface area contributed by atoms with Crippen LogP contribution in [0.1, 0.15) is 0 Å². The van der Waals surface area contributed by atoms with Crippen LogP contribution < -0.4 is 34.7 Å². The third-order valence-corrected chi connectivity index (χ3v) is 0.632. The van der Waals surface area contributed by atoms with E-state index in [1.165, 1.54) is 0 Å². The Morgan fingerprint density at radius 3 is 1.62 bits per heavy atom. The zero-order chi connectivity index (χ0) is 6.08. The molecule has 8 heavy (non-hydrogen) atoms. The van der Waals surface area contributed by atoms with Crippen LogP contribution in [0.25, 0.3) is 0 Å². The SMILES string of the molecule is O=C([O-])S(=O)(=O)O.[Na+]. The molecule has 0 bridgehead atoms. The summed E-state index contributed by atoms with van der Waals surface area (Å²) >= 11 is 0. The van der Waals surface area contributed by atoms with E-state index in [-0.39, 0.29) is 29.6 Å². The third kappa shape index (κ3) is 4.54. The first-order valence-corrected chi connectivity index (χ1v) is 2.57.